The first-order chi connectivity index (χ1) is 15.4. The Morgan fingerprint density at radius 3 is 2.66 bits per heavy atom. The zero-order valence-electron chi connectivity index (χ0n) is 17.3. The summed E-state index contributed by atoms with van der Waals surface area (Å²) in [6, 6.07) is 9.26. The minimum atomic E-state index is -0.812. The predicted octanol–water partition coefficient (Wildman–Crippen LogP) is 4.98. The van der Waals surface area contributed by atoms with Gasteiger partial charge in [0.1, 0.15) is 11.6 Å². The van der Waals surface area contributed by atoms with Crippen molar-refractivity contribution in [3.63, 3.8) is 0 Å². The lowest BCUT2D eigenvalue weighted by molar-refractivity contribution is 0.0970. The van der Waals surface area contributed by atoms with E-state index in [4.69, 9.17) is 25.5 Å². The Hall–Kier alpha value is -3.36. The summed E-state index contributed by atoms with van der Waals surface area (Å²) in [5, 5.41) is 3.00. The second-order valence-corrected chi connectivity index (χ2v) is 8.52. The van der Waals surface area contributed by atoms with Crippen LogP contribution in [0, 0.1) is 6.92 Å². The van der Waals surface area contributed by atoms with Crippen LogP contribution in [-0.2, 0) is 0 Å². The molecule has 0 radical (unpaired) electrons. The molecule has 0 saturated heterocycles. The Balaban J connectivity index is 1.86. The van der Waals surface area contributed by atoms with Crippen molar-refractivity contribution in [2.45, 2.75) is 13.0 Å². The fraction of sp³-hybridized carbons (Fsp3) is 0.174. The predicted molar refractivity (Wildman–Crippen MR) is 123 cm³/mol. The van der Waals surface area contributed by atoms with Crippen LogP contribution < -0.4 is 19.8 Å². The third-order valence-corrected chi connectivity index (χ3v) is 6.57. The summed E-state index contributed by atoms with van der Waals surface area (Å²) in [4.78, 5) is 33.2. The van der Waals surface area contributed by atoms with Gasteiger partial charge in [-0.05, 0) is 31.2 Å². The van der Waals surface area contributed by atoms with Gasteiger partial charge in [-0.2, -0.15) is 0 Å². The number of nitrogens with zero attached hydrogens (tertiary/aromatic N) is 2. The number of benzene rings is 2. The maximum Gasteiger partial charge on any atom is 0.297 e. The summed E-state index contributed by atoms with van der Waals surface area (Å²) in [5.41, 5.74) is 1.52. The standard InChI is InChI=1S/C23H17ClN2O5S/c1-11-10-32-23(25-11)26-18(13-5-4-6-16(29-2)20(13)30-3)17-19(27)14-9-12(24)7-8-15(14)31-21(17)22(26)28/h4-10,18H,1-3H3/t18-/m1/s1. The summed E-state index contributed by atoms with van der Waals surface area (Å²) < 4.78 is 17.0. The first-order valence-electron chi connectivity index (χ1n) is 9.67. The van der Waals surface area contributed by atoms with Gasteiger partial charge in [0, 0.05) is 16.0 Å². The van der Waals surface area contributed by atoms with E-state index in [9.17, 15) is 9.59 Å². The molecule has 0 fully saturated rings. The molecule has 0 spiro atoms. The Bertz CT molecular complexity index is 1440. The van der Waals surface area contributed by atoms with Gasteiger partial charge in [-0.1, -0.05) is 23.7 Å². The number of methoxy groups -OCH3 is 2. The van der Waals surface area contributed by atoms with Gasteiger partial charge in [0.05, 0.1) is 30.9 Å². The van der Waals surface area contributed by atoms with E-state index in [0.29, 0.717) is 38.2 Å². The van der Waals surface area contributed by atoms with E-state index in [1.165, 1.54) is 30.5 Å². The highest BCUT2D eigenvalue weighted by molar-refractivity contribution is 7.14. The number of aryl methyl sites for hydroxylation is 1. The van der Waals surface area contributed by atoms with Crippen molar-refractivity contribution < 1.29 is 18.7 Å². The number of carbonyl (C=O) groups is 1. The Labute approximate surface area is 191 Å². The molecule has 1 aliphatic rings. The van der Waals surface area contributed by atoms with Crippen LogP contribution in [0.2, 0.25) is 5.02 Å². The number of amides is 1. The highest BCUT2D eigenvalue weighted by atomic mass is 35.5. The number of hydrogen-bond donors (Lipinski definition) is 0. The van der Waals surface area contributed by atoms with E-state index >= 15 is 0 Å². The monoisotopic (exact) mass is 468 g/mol. The van der Waals surface area contributed by atoms with Crippen molar-refractivity contribution in [1.29, 1.82) is 0 Å². The van der Waals surface area contributed by atoms with E-state index < -0.39 is 11.9 Å². The summed E-state index contributed by atoms with van der Waals surface area (Å²) in [5.74, 6) is 0.435. The zero-order valence-corrected chi connectivity index (χ0v) is 18.9. The van der Waals surface area contributed by atoms with E-state index in [1.54, 1.807) is 36.4 Å². The molecule has 3 heterocycles. The van der Waals surface area contributed by atoms with Gasteiger partial charge in [0.2, 0.25) is 5.76 Å². The first kappa shape index (κ1) is 20.5. The summed E-state index contributed by atoms with van der Waals surface area (Å²) in [7, 11) is 3.04. The number of para-hydroxylation sites is 1. The van der Waals surface area contributed by atoms with Gasteiger partial charge < -0.3 is 13.9 Å². The maximum absolute atomic E-state index is 13.7. The molecule has 0 bridgehead atoms. The molecule has 0 unspecified atom stereocenters. The van der Waals surface area contributed by atoms with Crippen molar-refractivity contribution in [2.75, 3.05) is 19.1 Å². The van der Waals surface area contributed by atoms with Crippen LogP contribution in [0.1, 0.15) is 33.4 Å². The number of fused-ring (bicyclic) bond motifs is 2. The van der Waals surface area contributed by atoms with E-state index in [2.05, 4.69) is 4.98 Å². The Kier molecular flexibility index (Phi) is 4.91. The first-order valence-corrected chi connectivity index (χ1v) is 10.9. The second-order valence-electron chi connectivity index (χ2n) is 7.25. The lowest BCUT2D eigenvalue weighted by atomic mass is 9.97. The van der Waals surface area contributed by atoms with Crippen molar-refractivity contribution in [1.82, 2.24) is 4.98 Å². The quantitative estimate of drug-likeness (QED) is 0.420. The molecule has 2 aromatic carbocycles. The van der Waals surface area contributed by atoms with Crippen LogP contribution in [0.5, 0.6) is 11.5 Å². The van der Waals surface area contributed by atoms with Gasteiger partial charge >= 0.3 is 0 Å². The minimum absolute atomic E-state index is 0.0208. The molecule has 0 N–H and O–H groups in total. The van der Waals surface area contributed by atoms with Crippen LogP contribution in [0.3, 0.4) is 0 Å². The van der Waals surface area contributed by atoms with Gasteiger partial charge in [0.15, 0.2) is 22.1 Å². The smallest absolute Gasteiger partial charge is 0.297 e. The van der Waals surface area contributed by atoms with Crippen LogP contribution >= 0.6 is 22.9 Å². The normalized spacial score (nSPS) is 15.3. The average molecular weight is 469 g/mol. The van der Waals surface area contributed by atoms with E-state index in [-0.39, 0.29) is 16.8 Å². The Morgan fingerprint density at radius 1 is 1.16 bits per heavy atom. The third-order valence-electron chi connectivity index (χ3n) is 5.37. The average Bonchev–Trinajstić information content (AvgIpc) is 3.34. The molecule has 2 aromatic heterocycles. The van der Waals surface area contributed by atoms with E-state index in [1.807, 2.05) is 12.3 Å². The molecular weight excluding hydrogens is 452 g/mol. The SMILES string of the molecule is COc1cccc([C@@H]2c3c(oc4ccc(Cl)cc4c3=O)C(=O)N2c2nc(C)cs2)c1OC. The summed E-state index contributed by atoms with van der Waals surface area (Å²) >= 11 is 7.45. The van der Waals surface area contributed by atoms with Gasteiger partial charge in [-0.15, -0.1) is 11.3 Å². The topological polar surface area (TPSA) is 81.9 Å². The van der Waals surface area contributed by atoms with Crippen LogP contribution in [0.4, 0.5) is 5.13 Å². The number of thiazole rings is 1. The van der Waals surface area contributed by atoms with Gasteiger partial charge in [-0.25, -0.2) is 4.98 Å². The molecule has 1 aliphatic heterocycles. The van der Waals surface area contributed by atoms with Crippen LogP contribution in [0.25, 0.3) is 11.0 Å². The number of ether oxygens (including phenoxy) is 2. The lowest BCUT2D eigenvalue weighted by Crippen LogP contribution is -2.29. The van der Waals surface area contributed by atoms with Crippen molar-refractivity contribution >= 4 is 44.9 Å². The molecule has 162 valence electrons. The molecule has 1 amide bonds. The number of hydrogen-bond acceptors (Lipinski definition) is 7. The van der Waals surface area contributed by atoms with Crippen LogP contribution in [0.15, 0.2) is 51.0 Å². The van der Waals surface area contributed by atoms with Crippen LogP contribution in [-0.4, -0.2) is 25.1 Å². The molecule has 1 atom stereocenters. The highest BCUT2D eigenvalue weighted by Crippen LogP contribution is 2.46. The number of halogens is 1. The number of aromatic nitrogens is 1. The number of carbonyl (C=O) groups excluding carboxylic acids is 1. The van der Waals surface area contributed by atoms with Crippen molar-refractivity contribution in [3.8, 4) is 11.5 Å². The Morgan fingerprint density at radius 2 is 1.97 bits per heavy atom. The fourth-order valence-corrected chi connectivity index (χ4v) is 5.02. The third kappa shape index (κ3) is 2.98. The molecule has 0 saturated carbocycles. The molecule has 9 heteroatoms. The highest BCUT2D eigenvalue weighted by Gasteiger charge is 2.46. The largest absolute Gasteiger partial charge is 0.493 e. The van der Waals surface area contributed by atoms with Gasteiger partial charge in [-0.3, -0.25) is 14.5 Å². The minimum Gasteiger partial charge on any atom is -0.493 e. The summed E-state index contributed by atoms with van der Waals surface area (Å²) in [6.45, 7) is 1.84. The summed E-state index contributed by atoms with van der Waals surface area (Å²) in [6.07, 6.45) is 0. The molecule has 4 aromatic rings. The van der Waals surface area contributed by atoms with E-state index in [0.717, 1.165) is 5.69 Å². The molecule has 5 rings (SSSR count). The molecular formula is C23H17ClN2O5S. The lowest BCUT2D eigenvalue weighted by Gasteiger charge is -2.24. The number of rotatable bonds is 4. The van der Waals surface area contributed by atoms with Crippen molar-refractivity contribution in [3.05, 3.63) is 79.6 Å². The van der Waals surface area contributed by atoms with Crippen molar-refractivity contribution in [2.24, 2.45) is 0 Å². The second kappa shape index (κ2) is 7.65. The number of anilines is 1. The zero-order chi connectivity index (χ0) is 22.6. The van der Waals surface area contributed by atoms with Gasteiger partial charge in [0.25, 0.3) is 5.91 Å². The fourth-order valence-electron chi connectivity index (χ4n) is 4.02. The molecule has 0 aliphatic carbocycles. The molecule has 32 heavy (non-hydrogen) atoms. The molecule has 7 nitrogen and oxygen atoms in total. The maximum atomic E-state index is 13.7.